The molecule has 1 aromatic heterocycles. The lowest BCUT2D eigenvalue weighted by molar-refractivity contribution is -0.125. The van der Waals surface area contributed by atoms with E-state index in [1.54, 1.807) is 12.1 Å². The van der Waals surface area contributed by atoms with Gasteiger partial charge in [-0.05, 0) is 36.5 Å². The van der Waals surface area contributed by atoms with Gasteiger partial charge in [-0.2, -0.15) is 0 Å². The maximum atomic E-state index is 12.7. The summed E-state index contributed by atoms with van der Waals surface area (Å²) >= 11 is 1.40. The minimum atomic E-state index is -0.917. The van der Waals surface area contributed by atoms with Crippen LogP contribution in [-0.2, 0) is 33.5 Å². The molecule has 1 aliphatic heterocycles. The van der Waals surface area contributed by atoms with Crippen LogP contribution in [0.15, 0.2) is 24.3 Å². The molecule has 4 rings (SSSR count). The molecule has 1 aliphatic carbocycles. The van der Waals surface area contributed by atoms with Gasteiger partial charge in [0.1, 0.15) is 5.00 Å². The number of carbonyl (C=O) groups excluding carboxylic acids is 3. The lowest BCUT2D eigenvalue weighted by atomic mass is 9.98. The molecular formula is C19H17NO5S. The smallest absolute Gasteiger partial charge is 0.341 e. The topological polar surface area (TPSA) is 81.7 Å². The Morgan fingerprint density at radius 2 is 2.08 bits per heavy atom. The molecule has 1 amide bonds. The molecule has 1 atom stereocenters. The van der Waals surface area contributed by atoms with Gasteiger partial charge in [0.2, 0.25) is 0 Å². The second kappa shape index (κ2) is 6.57. The molecule has 0 radical (unpaired) electrons. The van der Waals surface area contributed by atoms with Gasteiger partial charge < -0.3 is 14.8 Å². The number of nitrogens with one attached hydrogen (secondary N) is 1. The standard InChI is InChI=1S/C19H17NO5S/c1-24-19(23)15-12-7-4-8-14(12)26-17(15)20-16(21)13-9-10-5-2-3-6-11(10)18(22)25-13/h2-3,5-6,13H,4,7-9H2,1H3,(H,20,21)/t13-/m0/s1. The average Bonchev–Trinajstić information content (AvgIpc) is 3.21. The lowest BCUT2D eigenvalue weighted by Gasteiger charge is -2.23. The van der Waals surface area contributed by atoms with Crippen molar-refractivity contribution in [3.63, 3.8) is 0 Å². The fourth-order valence-electron chi connectivity index (χ4n) is 3.48. The fourth-order valence-corrected chi connectivity index (χ4v) is 4.76. The van der Waals surface area contributed by atoms with Crippen molar-refractivity contribution >= 4 is 34.2 Å². The third kappa shape index (κ3) is 2.78. The number of benzene rings is 1. The number of methoxy groups -OCH3 is 1. The summed E-state index contributed by atoms with van der Waals surface area (Å²) in [6, 6.07) is 7.09. The molecule has 2 aliphatic rings. The molecule has 7 heteroatoms. The van der Waals surface area contributed by atoms with Gasteiger partial charge in [-0.15, -0.1) is 11.3 Å². The monoisotopic (exact) mass is 371 g/mol. The summed E-state index contributed by atoms with van der Waals surface area (Å²) < 4.78 is 10.2. The van der Waals surface area contributed by atoms with Gasteiger partial charge in [0.05, 0.1) is 18.2 Å². The summed E-state index contributed by atoms with van der Waals surface area (Å²) in [6.45, 7) is 0. The molecule has 0 fully saturated rings. The van der Waals surface area contributed by atoms with E-state index in [1.807, 2.05) is 12.1 Å². The Hall–Kier alpha value is -2.67. The van der Waals surface area contributed by atoms with E-state index < -0.39 is 23.9 Å². The van der Waals surface area contributed by atoms with E-state index in [1.165, 1.54) is 18.4 Å². The molecule has 2 aromatic rings. The summed E-state index contributed by atoms with van der Waals surface area (Å²) in [7, 11) is 1.33. The largest absolute Gasteiger partial charge is 0.465 e. The first-order valence-corrected chi connectivity index (χ1v) is 9.22. The minimum absolute atomic E-state index is 0.312. The van der Waals surface area contributed by atoms with Crippen LogP contribution < -0.4 is 5.32 Å². The molecular weight excluding hydrogens is 354 g/mol. The van der Waals surface area contributed by atoms with E-state index >= 15 is 0 Å². The average molecular weight is 371 g/mol. The van der Waals surface area contributed by atoms with Gasteiger partial charge in [0.25, 0.3) is 5.91 Å². The number of cyclic esters (lactones) is 1. The predicted molar refractivity (Wildman–Crippen MR) is 95.7 cm³/mol. The third-order valence-corrected chi connectivity index (χ3v) is 5.94. The summed E-state index contributed by atoms with van der Waals surface area (Å²) in [4.78, 5) is 38.1. The van der Waals surface area contributed by atoms with Crippen LogP contribution in [0.2, 0.25) is 0 Å². The van der Waals surface area contributed by atoms with Gasteiger partial charge in [0, 0.05) is 11.3 Å². The molecule has 26 heavy (non-hydrogen) atoms. The van der Waals surface area contributed by atoms with Crippen LogP contribution >= 0.6 is 11.3 Å². The van der Waals surface area contributed by atoms with Crippen LogP contribution in [0.5, 0.6) is 0 Å². The van der Waals surface area contributed by atoms with Crippen molar-refractivity contribution in [2.75, 3.05) is 12.4 Å². The normalized spacial score (nSPS) is 17.9. The second-order valence-corrected chi connectivity index (χ2v) is 7.40. The van der Waals surface area contributed by atoms with E-state index in [-0.39, 0.29) is 0 Å². The SMILES string of the molecule is COC(=O)c1c(NC(=O)[C@@H]2Cc3ccccc3C(=O)O2)sc2c1CCC2. The quantitative estimate of drug-likeness (QED) is 0.839. The maximum absolute atomic E-state index is 12.7. The van der Waals surface area contributed by atoms with Crippen molar-refractivity contribution < 1.29 is 23.9 Å². The number of rotatable bonds is 3. The zero-order valence-corrected chi connectivity index (χ0v) is 15.0. The first kappa shape index (κ1) is 16.8. The highest BCUT2D eigenvalue weighted by molar-refractivity contribution is 7.17. The van der Waals surface area contributed by atoms with Crippen LogP contribution in [0.25, 0.3) is 0 Å². The highest BCUT2D eigenvalue weighted by Gasteiger charge is 2.33. The first-order chi connectivity index (χ1) is 12.6. The number of fused-ring (bicyclic) bond motifs is 2. The summed E-state index contributed by atoms with van der Waals surface area (Å²) in [5.41, 5.74) is 2.66. The number of carbonyl (C=O) groups is 3. The molecule has 0 unspecified atom stereocenters. The lowest BCUT2D eigenvalue weighted by Crippen LogP contribution is -2.38. The van der Waals surface area contributed by atoms with Gasteiger partial charge in [-0.3, -0.25) is 4.79 Å². The van der Waals surface area contributed by atoms with Crippen LogP contribution in [0.3, 0.4) is 0 Å². The highest BCUT2D eigenvalue weighted by atomic mass is 32.1. The van der Waals surface area contributed by atoms with Crippen LogP contribution in [0.4, 0.5) is 5.00 Å². The molecule has 0 saturated heterocycles. The zero-order valence-electron chi connectivity index (χ0n) is 14.2. The Labute approximate surface area is 154 Å². The second-order valence-electron chi connectivity index (χ2n) is 6.30. The number of esters is 2. The van der Waals surface area contributed by atoms with Crippen LogP contribution in [0, 0.1) is 0 Å². The van der Waals surface area contributed by atoms with Crippen LogP contribution in [0.1, 0.15) is 43.1 Å². The van der Waals surface area contributed by atoms with Gasteiger partial charge >= 0.3 is 11.9 Å². The van der Waals surface area contributed by atoms with Gasteiger partial charge in [-0.1, -0.05) is 18.2 Å². The summed E-state index contributed by atoms with van der Waals surface area (Å²) in [5.74, 6) is -1.39. The van der Waals surface area contributed by atoms with Crippen molar-refractivity contribution in [2.24, 2.45) is 0 Å². The number of anilines is 1. The third-order valence-electron chi connectivity index (χ3n) is 4.73. The van der Waals surface area contributed by atoms with E-state index in [4.69, 9.17) is 9.47 Å². The Bertz CT molecular complexity index is 917. The Morgan fingerprint density at radius 1 is 1.27 bits per heavy atom. The van der Waals surface area contributed by atoms with Crippen molar-refractivity contribution in [2.45, 2.75) is 31.8 Å². The first-order valence-electron chi connectivity index (χ1n) is 8.41. The number of amides is 1. The van der Waals surface area contributed by atoms with Crippen molar-refractivity contribution in [1.29, 1.82) is 0 Å². The minimum Gasteiger partial charge on any atom is -0.465 e. The molecule has 0 saturated carbocycles. The van der Waals surface area contributed by atoms with Crippen molar-refractivity contribution in [1.82, 2.24) is 0 Å². The Balaban J connectivity index is 1.58. The zero-order chi connectivity index (χ0) is 18.3. The van der Waals surface area contributed by atoms with E-state index in [0.717, 1.165) is 35.3 Å². The molecule has 0 spiro atoms. The predicted octanol–water partition coefficient (Wildman–Crippen LogP) is 2.74. The van der Waals surface area contributed by atoms with Crippen molar-refractivity contribution in [3.8, 4) is 0 Å². The molecule has 1 aromatic carbocycles. The summed E-state index contributed by atoms with van der Waals surface area (Å²) in [6.07, 6.45) is 2.09. The van der Waals surface area contributed by atoms with Gasteiger partial charge in [-0.25, -0.2) is 9.59 Å². The van der Waals surface area contributed by atoms with Crippen molar-refractivity contribution in [3.05, 3.63) is 51.4 Å². The highest BCUT2D eigenvalue weighted by Crippen LogP contribution is 2.39. The summed E-state index contributed by atoms with van der Waals surface area (Å²) in [5, 5.41) is 3.25. The fraction of sp³-hybridized carbons (Fsp3) is 0.316. The Kier molecular flexibility index (Phi) is 4.24. The van der Waals surface area contributed by atoms with E-state index in [0.29, 0.717) is 22.5 Å². The number of hydrogen-bond acceptors (Lipinski definition) is 6. The number of hydrogen-bond donors (Lipinski definition) is 1. The molecule has 0 bridgehead atoms. The Morgan fingerprint density at radius 3 is 2.88 bits per heavy atom. The molecule has 134 valence electrons. The molecule has 2 heterocycles. The number of ether oxygens (including phenoxy) is 2. The molecule has 1 N–H and O–H groups in total. The number of thiophene rings is 1. The van der Waals surface area contributed by atoms with Gasteiger partial charge in [0.15, 0.2) is 6.10 Å². The maximum Gasteiger partial charge on any atom is 0.341 e. The molecule has 6 nitrogen and oxygen atoms in total. The van der Waals surface area contributed by atoms with E-state index in [2.05, 4.69) is 5.32 Å². The van der Waals surface area contributed by atoms with Crippen LogP contribution in [-0.4, -0.2) is 31.1 Å². The number of aryl methyl sites for hydroxylation is 1. The van der Waals surface area contributed by atoms with E-state index in [9.17, 15) is 14.4 Å².